The van der Waals surface area contributed by atoms with Crippen LogP contribution in [-0.2, 0) is 14.3 Å². The zero-order chi connectivity index (χ0) is 20.4. The van der Waals surface area contributed by atoms with E-state index in [0.29, 0.717) is 18.4 Å². The molecule has 0 aromatic heterocycles. The lowest BCUT2D eigenvalue weighted by Gasteiger charge is -2.38. The Labute approximate surface area is 165 Å². The molecule has 1 saturated heterocycles. The normalized spacial score (nSPS) is 15.7. The molecule has 0 amide bonds. The Morgan fingerprint density at radius 1 is 1.26 bits per heavy atom. The predicted molar refractivity (Wildman–Crippen MR) is 113 cm³/mol. The molecule has 1 atom stereocenters. The molecular weight excluding hydrogens is 340 g/mol. The molecule has 27 heavy (non-hydrogen) atoms. The Balaban J connectivity index is 0.00000176. The van der Waals surface area contributed by atoms with Crippen molar-refractivity contribution in [2.75, 3.05) is 37.5 Å². The van der Waals surface area contributed by atoms with Gasteiger partial charge in [0.15, 0.2) is 0 Å². The number of hydrogen-bond acceptors (Lipinski definition) is 5. The summed E-state index contributed by atoms with van der Waals surface area (Å²) >= 11 is 0. The van der Waals surface area contributed by atoms with Crippen LogP contribution < -0.4 is 10.6 Å². The van der Waals surface area contributed by atoms with Gasteiger partial charge in [0.1, 0.15) is 0 Å². The Morgan fingerprint density at radius 2 is 1.89 bits per heavy atom. The van der Waals surface area contributed by atoms with Gasteiger partial charge in [0.05, 0.1) is 24.9 Å². The summed E-state index contributed by atoms with van der Waals surface area (Å²) in [7, 11) is 1.42. The second kappa shape index (κ2) is 11.9. The zero-order valence-corrected chi connectivity index (χ0v) is 18.0. The molecule has 1 fully saturated rings. The summed E-state index contributed by atoms with van der Waals surface area (Å²) in [5.74, 6) is 0.449. The van der Waals surface area contributed by atoms with Gasteiger partial charge in [-0.25, -0.2) is 0 Å². The van der Waals surface area contributed by atoms with E-state index in [1.54, 1.807) is 0 Å². The molecule has 5 heteroatoms. The number of nitrogen functional groups attached to an aromatic ring is 1. The summed E-state index contributed by atoms with van der Waals surface area (Å²) in [5, 5.41) is 0. The van der Waals surface area contributed by atoms with Crippen LogP contribution in [0, 0.1) is 5.92 Å². The van der Waals surface area contributed by atoms with Crippen molar-refractivity contribution in [3.8, 4) is 0 Å². The molecule has 0 bridgehead atoms. The van der Waals surface area contributed by atoms with Crippen LogP contribution in [0.1, 0.15) is 65.4 Å². The van der Waals surface area contributed by atoms with E-state index in [4.69, 9.17) is 15.2 Å². The SMILES string of the molecule is CC.COC(=O)CC(C)c1ccc(N(CC(C)C)C2CCOCC2)c(N)c1. The van der Waals surface area contributed by atoms with Crippen LogP contribution in [-0.4, -0.2) is 38.9 Å². The highest BCUT2D eigenvalue weighted by atomic mass is 16.5. The number of carbonyl (C=O) groups excluding carboxylic acids is 1. The molecule has 1 unspecified atom stereocenters. The number of nitrogens with two attached hydrogens (primary N) is 1. The number of anilines is 2. The summed E-state index contributed by atoms with van der Waals surface area (Å²) < 4.78 is 10.3. The average molecular weight is 379 g/mol. The summed E-state index contributed by atoms with van der Waals surface area (Å²) in [6, 6.07) is 6.68. The Kier molecular flexibility index (Phi) is 10.2. The third-order valence-electron chi connectivity index (χ3n) is 4.82. The topological polar surface area (TPSA) is 64.8 Å². The Morgan fingerprint density at radius 3 is 2.41 bits per heavy atom. The number of carbonyl (C=O) groups is 1. The fourth-order valence-electron chi connectivity index (χ4n) is 3.43. The van der Waals surface area contributed by atoms with E-state index < -0.39 is 0 Å². The van der Waals surface area contributed by atoms with Gasteiger partial charge in [-0.3, -0.25) is 4.79 Å². The number of methoxy groups -OCH3 is 1. The van der Waals surface area contributed by atoms with Crippen molar-refractivity contribution in [2.24, 2.45) is 5.92 Å². The molecule has 0 saturated carbocycles. The number of esters is 1. The maximum Gasteiger partial charge on any atom is 0.306 e. The van der Waals surface area contributed by atoms with Crippen LogP contribution in [0.4, 0.5) is 11.4 Å². The Bertz CT molecular complexity index is 569. The lowest BCUT2D eigenvalue weighted by Crippen LogP contribution is -2.42. The van der Waals surface area contributed by atoms with Crippen molar-refractivity contribution in [1.82, 2.24) is 0 Å². The maximum atomic E-state index is 11.5. The summed E-state index contributed by atoms with van der Waals surface area (Å²) in [5.41, 5.74) is 9.36. The molecule has 5 nitrogen and oxygen atoms in total. The van der Waals surface area contributed by atoms with Crippen LogP contribution in [0.15, 0.2) is 18.2 Å². The van der Waals surface area contributed by atoms with E-state index in [9.17, 15) is 4.79 Å². The second-order valence-corrected chi connectivity index (χ2v) is 7.39. The van der Waals surface area contributed by atoms with E-state index in [1.165, 1.54) is 7.11 Å². The van der Waals surface area contributed by atoms with E-state index in [0.717, 1.165) is 49.5 Å². The number of nitrogens with zero attached hydrogens (tertiary/aromatic N) is 1. The first-order valence-corrected chi connectivity index (χ1v) is 10.2. The number of rotatable bonds is 7. The number of hydrogen-bond donors (Lipinski definition) is 1. The van der Waals surface area contributed by atoms with Crippen molar-refractivity contribution in [3.63, 3.8) is 0 Å². The first-order chi connectivity index (χ1) is 12.9. The molecule has 2 N–H and O–H groups in total. The lowest BCUT2D eigenvalue weighted by molar-refractivity contribution is -0.140. The first-order valence-electron chi connectivity index (χ1n) is 10.2. The van der Waals surface area contributed by atoms with Crippen LogP contribution in [0.2, 0.25) is 0 Å². The monoisotopic (exact) mass is 378 g/mol. The smallest absolute Gasteiger partial charge is 0.306 e. The molecule has 0 aliphatic carbocycles. The minimum absolute atomic E-state index is 0.0884. The van der Waals surface area contributed by atoms with E-state index in [2.05, 4.69) is 30.9 Å². The van der Waals surface area contributed by atoms with Gasteiger partial charge >= 0.3 is 5.97 Å². The van der Waals surface area contributed by atoms with Gasteiger partial charge in [0.25, 0.3) is 0 Å². The van der Waals surface area contributed by atoms with Gasteiger partial charge in [-0.1, -0.05) is 40.7 Å². The van der Waals surface area contributed by atoms with Crippen LogP contribution in [0.5, 0.6) is 0 Å². The van der Waals surface area contributed by atoms with Crippen molar-refractivity contribution < 1.29 is 14.3 Å². The highest BCUT2D eigenvalue weighted by molar-refractivity contribution is 5.72. The number of ether oxygens (including phenoxy) is 2. The third-order valence-corrected chi connectivity index (χ3v) is 4.82. The van der Waals surface area contributed by atoms with Gasteiger partial charge in [0, 0.05) is 25.8 Å². The van der Waals surface area contributed by atoms with Crippen LogP contribution in [0.25, 0.3) is 0 Å². The maximum absolute atomic E-state index is 11.5. The zero-order valence-electron chi connectivity index (χ0n) is 18.0. The van der Waals surface area contributed by atoms with E-state index in [1.807, 2.05) is 26.8 Å². The molecule has 1 heterocycles. The molecule has 1 aromatic carbocycles. The van der Waals surface area contributed by atoms with E-state index in [-0.39, 0.29) is 11.9 Å². The Hall–Kier alpha value is -1.75. The first kappa shape index (κ1) is 23.3. The number of benzene rings is 1. The third kappa shape index (κ3) is 7.06. The predicted octanol–water partition coefficient (Wildman–Crippen LogP) is 4.60. The van der Waals surface area contributed by atoms with Gasteiger partial charge in [-0.15, -0.1) is 0 Å². The average Bonchev–Trinajstić information content (AvgIpc) is 2.68. The van der Waals surface area contributed by atoms with Crippen molar-refractivity contribution in [3.05, 3.63) is 23.8 Å². The summed E-state index contributed by atoms with van der Waals surface area (Å²) in [6.45, 7) is 13.1. The fourth-order valence-corrected chi connectivity index (χ4v) is 3.43. The molecule has 0 radical (unpaired) electrons. The molecule has 154 valence electrons. The van der Waals surface area contributed by atoms with Gasteiger partial charge in [-0.2, -0.15) is 0 Å². The molecule has 1 aliphatic rings. The largest absolute Gasteiger partial charge is 0.469 e. The summed E-state index contributed by atoms with van der Waals surface area (Å²) in [6.07, 6.45) is 2.43. The van der Waals surface area contributed by atoms with Crippen LogP contribution >= 0.6 is 0 Å². The second-order valence-electron chi connectivity index (χ2n) is 7.39. The van der Waals surface area contributed by atoms with Crippen molar-refractivity contribution in [1.29, 1.82) is 0 Å². The highest BCUT2D eigenvalue weighted by Crippen LogP contribution is 2.32. The lowest BCUT2D eigenvalue weighted by atomic mass is 9.96. The molecule has 0 spiro atoms. The van der Waals surface area contributed by atoms with Crippen molar-refractivity contribution >= 4 is 17.3 Å². The minimum atomic E-state index is -0.196. The van der Waals surface area contributed by atoms with E-state index >= 15 is 0 Å². The summed E-state index contributed by atoms with van der Waals surface area (Å²) in [4.78, 5) is 14.0. The highest BCUT2D eigenvalue weighted by Gasteiger charge is 2.24. The fraction of sp³-hybridized carbons (Fsp3) is 0.682. The quantitative estimate of drug-likeness (QED) is 0.555. The molecule has 2 rings (SSSR count). The standard InChI is InChI=1S/C20H32N2O3.C2H6/c1-14(2)13-22(17-7-9-25-10-8-17)19-6-5-16(12-18(19)21)15(3)11-20(23)24-4;1-2/h5-6,12,14-15,17H,7-11,13,21H2,1-4H3;1-2H3. The van der Waals surface area contributed by atoms with Gasteiger partial charge < -0.3 is 20.1 Å². The molecular formula is C22H38N2O3. The van der Waals surface area contributed by atoms with Gasteiger partial charge in [-0.05, 0) is 42.4 Å². The molecule has 1 aliphatic heterocycles. The van der Waals surface area contributed by atoms with Crippen LogP contribution in [0.3, 0.4) is 0 Å². The molecule has 1 aromatic rings. The minimum Gasteiger partial charge on any atom is -0.469 e. The van der Waals surface area contributed by atoms with Crippen molar-refractivity contribution in [2.45, 2.75) is 65.8 Å². The van der Waals surface area contributed by atoms with Gasteiger partial charge in [0.2, 0.25) is 0 Å².